The highest BCUT2D eigenvalue weighted by atomic mass is 32.1. The Bertz CT molecular complexity index is 1090. The van der Waals surface area contributed by atoms with Gasteiger partial charge in [-0.2, -0.15) is 5.26 Å². The van der Waals surface area contributed by atoms with Gasteiger partial charge in [0.25, 0.3) is 5.91 Å². The maximum absolute atomic E-state index is 11.5. The number of unbranched alkanes of at least 4 members (excludes halogenated alkanes) is 1. The van der Waals surface area contributed by atoms with Gasteiger partial charge in [-0.05, 0) is 56.5 Å². The number of rotatable bonds is 7. The summed E-state index contributed by atoms with van der Waals surface area (Å²) in [6.07, 6.45) is 5.36. The van der Waals surface area contributed by atoms with Crippen molar-refractivity contribution in [3.63, 3.8) is 0 Å². The average molecular weight is 423 g/mol. The van der Waals surface area contributed by atoms with Gasteiger partial charge in [-0.25, -0.2) is 4.98 Å². The number of carbonyl (C=O) groups excluding carboxylic acids is 1. The van der Waals surface area contributed by atoms with Crippen LogP contribution in [0.15, 0.2) is 24.4 Å². The first kappa shape index (κ1) is 20.4. The minimum Gasteiger partial charge on any atom is -0.365 e. The summed E-state index contributed by atoms with van der Waals surface area (Å²) >= 11 is 1.40. The number of piperazine rings is 1. The fraction of sp³-hybridized carbons (Fsp3) is 0.409. The molecule has 7 nitrogen and oxygen atoms in total. The number of nitrogens with one attached hydrogen (secondary N) is 1. The molecule has 1 amide bonds. The molecule has 8 heteroatoms. The molecule has 3 N–H and O–H groups in total. The van der Waals surface area contributed by atoms with E-state index in [9.17, 15) is 4.79 Å². The number of carbonyl (C=O) groups is 1. The second-order valence-corrected chi connectivity index (χ2v) is 8.72. The lowest BCUT2D eigenvalue weighted by Crippen LogP contribution is -2.46. The van der Waals surface area contributed by atoms with Gasteiger partial charge < -0.3 is 15.6 Å². The van der Waals surface area contributed by atoms with E-state index >= 15 is 0 Å². The summed E-state index contributed by atoms with van der Waals surface area (Å²) in [5.74, 6) is -0.395. The van der Waals surface area contributed by atoms with Crippen molar-refractivity contribution in [2.24, 2.45) is 5.73 Å². The molecule has 0 radical (unpaired) electrons. The zero-order valence-corrected chi connectivity index (χ0v) is 18.0. The number of primary amides is 1. The number of aromatic amines is 1. The van der Waals surface area contributed by atoms with Crippen molar-refractivity contribution in [2.45, 2.75) is 26.2 Å². The highest BCUT2D eigenvalue weighted by Gasteiger charge is 2.21. The fourth-order valence-electron chi connectivity index (χ4n) is 4.01. The van der Waals surface area contributed by atoms with Crippen molar-refractivity contribution in [3.8, 4) is 6.07 Å². The summed E-state index contributed by atoms with van der Waals surface area (Å²) in [5.41, 5.74) is 9.23. The Morgan fingerprint density at radius 3 is 2.80 bits per heavy atom. The lowest BCUT2D eigenvalue weighted by molar-refractivity contribution is 0.100. The number of nitrogens with zero attached hydrogens (tertiary/aromatic N) is 4. The Labute approximate surface area is 180 Å². The lowest BCUT2D eigenvalue weighted by atomic mass is 10.1. The second kappa shape index (κ2) is 8.86. The maximum atomic E-state index is 11.5. The summed E-state index contributed by atoms with van der Waals surface area (Å²) in [6, 6.07) is 8.03. The van der Waals surface area contributed by atoms with Crippen molar-refractivity contribution in [2.75, 3.05) is 37.6 Å². The quantitative estimate of drug-likeness (QED) is 0.570. The zero-order chi connectivity index (χ0) is 21.1. The van der Waals surface area contributed by atoms with Gasteiger partial charge in [0.15, 0.2) is 5.13 Å². The monoisotopic (exact) mass is 422 g/mol. The summed E-state index contributed by atoms with van der Waals surface area (Å²) < 4.78 is 0. The SMILES string of the molecule is Cc1nc(N2CCN(CCCCc3c[nH]c4ccc(C#N)cc34)CC2)sc1C(N)=O. The minimum atomic E-state index is -0.395. The summed E-state index contributed by atoms with van der Waals surface area (Å²) in [6.45, 7) is 6.77. The van der Waals surface area contributed by atoms with Crippen LogP contribution in [-0.2, 0) is 6.42 Å². The number of thiazole rings is 1. The van der Waals surface area contributed by atoms with Gasteiger partial charge in [0.1, 0.15) is 4.88 Å². The largest absolute Gasteiger partial charge is 0.365 e. The molecule has 4 rings (SSSR count). The van der Waals surface area contributed by atoms with E-state index in [2.05, 4.69) is 32.0 Å². The smallest absolute Gasteiger partial charge is 0.260 e. The number of anilines is 1. The molecule has 0 unspecified atom stereocenters. The normalized spacial score (nSPS) is 14.9. The number of aryl methyl sites for hydroxylation is 2. The van der Waals surface area contributed by atoms with Crippen molar-refractivity contribution in [1.29, 1.82) is 5.26 Å². The number of benzene rings is 1. The van der Waals surface area contributed by atoms with Gasteiger partial charge in [0.2, 0.25) is 0 Å². The van der Waals surface area contributed by atoms with Crippen LogP contribution in [0.1, 0.15) is 39.3 Å². The van der Waals surface area contributed by atoms with E-state index in [4.69, 9.17) is 11.0 Å². The number of fused-ring (bicyclic) bond motifs is 1. The number of nitrogens with two attached hydrogens (primary N) is 1. The van der Waals surface area contributed by atoms with Crippen LogP contribution in [-0.4, -0.2) is 53.5 Å². The van der Waals surface area contributed by atoms with E-state index in [0.717, 1.165) is 73.7 Å². The molecule has 1 aliphatic rings. The van der Waals surface area contributed by atoms with E-state index in [-0.39, 0.29) is 0 Å². The molecular weight excluding hydrogens is 396 g/mol. The van der Waals surface area contributed by atoms with Crippen LogP contribution in [0.5, 0.6) is 0 Å². The Morgan fingerprint density at radius 1 is 1.30 bits per heavy atom. The van der Waals surface area contributed by atoms with E-state index in [0.29, 0.717) is 10.4 Å². The number of aromatic nitrogens is 2. The molecule has 0 spiro atoms. The van der Waals surface area contributed by atoms with Crippen molar-refractivity contribution in [1.82, 2.24) is 14.9 Å². The Hall–Kier alpha value is -2.89. The van der Waals surface area contributed by atoms with Gasteiger partial charge in [0.05, 0.1) is 17.3 Å². The molecule has 1 aliphatic heterocycles. The first-order chi connectivity index (χ1) is 14.5. The highest BCUT2D eigenvalue weighted by molar-refractivity contribution is 7.17. The van der Waals surface area contributed by atoms with Gasteiger partial charge in [0, 0.05) is 43.3 Å². The summed E-state index contributed by atoms with van der Waals surface area (Å²) in [7, 11) is 0. The number of amides is 1. The third kappa shape index (κ3) is 4.32. The Kier molecular flexibility index (Phi) is 6.02. The van der Waals surface area contributed by atoms with E-state index in [1.54, 1.807) is 0 Å². The predicted molar refractivity (Wildman–Crippen MR) is 120 cm³/mol. The van der Waals surface area contributed by atoms with Crippen LogP contribution in [0.25, 0.3) is 10.9 Å². The molecule has 1 aromatic carbocycles. The third-order valence-electron chi connectivity index (χ3n) is 5.72. The van der Waals surface area contributed by atoms with E-state index in [1.807, 2.05) is 25.1 Å². The average Bonchev–Trinajstić information content (AvgIpc) is 3.34. The predicted octanol–water partition coefficient (Wildman–Crippen LogP) is 3.05. The van der Waals surface area contributed by atoms with Crippen molar-refractivity contribution < 1.29 is 4.79 Å². The standard InChI is InChI=1S/C22H26N6OS/c1-15-20(21(24)29)30-22(26-15)28-10-8-27(9-11-28)7-3-2-4-17-14-25-19-6-5-16(13-23)12-18(17)19/h5-6,12,14,25H,2-4,7-11H2,1H3,(H2,24,29). The van der Waals surface area contributed by atoms with Gasteiger partial charge in [-0.15, -0.1) is 0 Å². The van der Waals surface area contributed by atoms with Crippen LogP contribution in [0.2, 0.25) is 0 Å². The molecule has 3 heterocycles. The first-order valence-corrected chi connectivity index (χ1v) is 11.1. The molecule has 156 valence electrons. The number of H-pyrrole nitrogens is 1. The van der Waals surface area contributed by atoms with Crippen LogP contribution < -0.4 is 10.6 Å². The van der Waals surface area contributed by atoms with E-state index in [1.165, 1.54) is 16.9 Å². The molecule has 30 heavy (non-hydrogen) atoms. The fourth-order valence-corrected chi connectivity index (χ4v) is 4.99. The number of hydrogen-bond donors (Lipinski definition) is 2. The molecule has 1 saturated heterocycles. The van der Waals surface area contributed by atoms with Crippen LogP contribution in [0.4, 0.5) is 5.13 Å². The molecule has 1 fully saturated rings. The van der Waals surface area contributed by atoms with Crippen molar-refractivity contribution >= 4 is 33.3 Å². The summed E-state index contributed by atoms with van der Waals surface area (Å²) in [4.78, 5) is 24.6. The molecule has 2 aromatic heterocycles. The molecular formula is C22H26N6OS. The Morgan fingerprint density at radius 2 is 2.10 bits per heavy atom. The lowest BCUT2D eigenvalue weighted by Gasteiger charge is -2.34. The number of nitriles is 1. The van der Waals surface area contributed by atoms with Crippen LogP contribution in [0, 0.1) is 18.3 Å². The Balaban J connectivity index is 1.23. The highest BCUT2D eigenvalue weighted by Crippen LogP contribution is 2.26. The van der Waals surface area contributed by atoms with Gasteiger partial charge >= 0.3 is 0 Å². The van der Waals surface area contributed by atoms with Crippen LogP contribution in [0.3, 0.4) is 0 Å². The van der Waals surface area contributed by atoms with E-state index < -0.39 is 5.91 Å². The van der Waals surface area contributed by atoms with Crippen molar-refractivity contribution in [3.05, 3.63) is 46.1 Å². The molecule has 0 bridgehead atoms. The topological polar surface area (TPSA) is 102 Å². The molecule has 0 saturated carbocycles. The van der Waals surface area contributed by atoms with Crippen LogP contribution >= 0.6 is 11.3 Å². The molecule has 0 aliphatic carbocycles. The van der Waals surface area contributed by atoms with Gasteiger partial charge in [-0.3, -0.25) is 9.69 Å². The number of hydrogen-bond acceptors (Lipinski definition) is 6. The first-order valence-electron chi connectivity index (χ1n) is 10.3. The zero-order valence-electron chi connectivity index (χ0n) is 17.1. The third-order valence-corrected chi connectivity index (χ3v) is 6.95. The summed E-state index contributed by atoms with van der Waals surface area (Å²) in [5, 5.41) is 11.2. The molecule has 3 aromatic rings. The second-order valence-electron chi connectivity index (χ2n) is 7.75. The van der Waals surface area contributed by atoms with Gasteiger partial charge in [-0.1, -0.05) is 11.3 Å². The molecule has 0 atom stereocenters. The minimum absolute atomic E-state index is 0.395. The maximum Gasteiger partial charge on any atom is 0.260 e.